The highest BCUT2D eigenvalue weighted by atomic mass is 32.2. The normalized spacial score (nSPS) is 17.2. The van der Waals surface area contributed by atoms with Gasteiger partial charge in [0, 0.05) is 13.0 Å². The predicted octanol–water partition coefficient (Wildman–Crippen LogP) is 3.45. The van der Waals surface area contributed by atoms with Gasteiger partial charge in [0.1, 0.15) is 10.4 Å². The summed E-state index contributed by atoms with van der Waals surface area (Å²) in [5, 5.41) is 11.7. The van der Waals surface area contributed by atoms with Crippen LogP contribution >= 0.6 is 24.0 Å². The maximum Gasteiger partial charge on any atom is 0.326 e. The first kappa shape index (κ1) is 22.8. The van der Waals surface area contributed by atoms with E-state index in [0.29, 0.717) is 9.23 Å². The van der Waals surface area contributed by atoms with Crippen molar-refractivity contribution in [2.45, 2.75) is 33.2 Å². The number of hydrogen-bond donors (Lipinski definition) is 2. The Labute approximate surface area is 180 Å². The molecule has 1 aliphatic heterocycles. The molecule has 0 spiro atoms. The number of carboxylic acids is 1. The Balaban J connectivity index is 1.99. The molecule has 29 heavy (non-hydrogen) atoms. The van der Waals surface area contributed by atoms with E-state index in [1.54, 1.807) is 19.9 Å². The number of allylic oxidation sites excluding steroid dienone is 2. The Hall–Kier alpha value is -2.45. The van der Waals surface area contributed by atoms with Gasteiger partial charge in [-0.25, -0.2) is 4.79 Å². The van der Waals surface area contributed by atoms with Gasteiger partial charge in [-0.3, -0.25) is 14.5 Å². The predicted molar refractivity (Wildman–Crippen MR) is 119 cm³/mol. The molecule has 1 saturated heterocycles. The lowest BCUT2D eigenvalue weighted by atomic mass is 10.0. The number of carbonyl (C=O) groups is 3. The van der Waals surface area contributed by atoms with E-state index in [9.17, 15) is 14.4 Å². The Morgan fingerprint density at radius 2 is 1.93 bits per heavy atom. The molecular weight excluding hydrogens is 408 g/mol. The lowest BCUT2D eigenvalue weighted by Gasteiger charge is -2.19. The van der Waals surface area contributed by atoms with Crippen LogP contribution < -0.4 is 5.32 Å². The number of hydrogen-bond acceptors (Lipinski definition) is 5. The summed E-state index contributed by atoms with van der Waals surface area (Å²) in [7, 11) is 0. The molecule has 2 rings (SSSR count). The Morgan fingerprint density at radius 1 is 1.28 bits per heavy atom. The van der Waals surface area contributed by atoms with Crippen LogP contribution in [0.5, 0.6) is 0 Å². The second-order valence-corrected chi connectivity index (χ2v) is 8.69. The molecule has 1 atom stereocenters. The van der Waals surface area contributed by atoms with Crippen LogP contribution in [-0.4, -0.2) is 44.7 Å². The molecule has 0 aromatic heterocycles. The maximum atomic E-state index is 12.7. The van der Waals surface area contributed by atoms with Crippen LogP contribution in [0.15, 0.2) is 46.9 Å². The summed E-state index contributed by atoms with van der Waals surface area (Å²) in [6, 6.07) is 8.81. The quantitative estimate of drug-likeness (QED) is 0.483. The number of thiocarbonyl (C=S) groups is 1. The minimum absolute atomic E-state index is 0.0188. The van der Waals surface area contributed by atoms with Crippen molar-refractivity contribution >= 4 is 52.2 Å². The third kappa shape index (κ3) is 6.54. The largest absolute Gasteiger partial charge is 0.480 e. The number of rotatable bonds is 8. The van der Waals surface area contributed by atoms with Crippen molar-refractivity contribution < 1.29 is 19.5 Å². The average Bonchev–Trinajstić information content (AvgIpc) is 2.91. The summed E-state index contributed by atoms with van der Waals surface area (Å²) in [4.78, 5) is 37.8. The zero-order valence-corrected chi connectivity index (χ0v) is 18.2. The van der Waals surface area contributed by atoms with Crippen LogP contribution in [-0.2, 0) is 14.4 Å². The topological polar surface area (TPSA) is 86.7 Å². The van der Waals surface area contributed by atoms with E-state index < -0.39 is 17.9 Å². The van der Waals surface area contributed by atoms with Gasteiger partial charge in [0.15, 0.2) is 0 Å². The molecule has 0 radical (unpaired) electrons. The van der Waals surface area contributed by atoms with Crippen LogP contribution in [0.2, 0.25) is 0 Å². The third-order valence-electron chi connectivity index (χ3n) is 4.24. The molecule has 1 aliphatic rings. The van der Waals surface area contributed by atoms with Crippen LogP contribution in [0, 0.1) is 5.92 Å². The number of carbonyl (C=O) groups excluding carboxylic acids is 2. The van der Waals surface area contributed by atoms with E-state index in [-0.39, 0.29) is 24.8 Å². The molecule has 0 aliphatic carbocycles. The first-order chi connectivity index (χ1) is 13.7. The number of amides is 2. The lowest BCUT2D eigenvalue weighted by Crippen LogP contribution is -2.45. The Bertz CT molecular complexity index is 863. The molecule has 1 aromatic carbocycles. The van der Waals surface area contributed by atoms with Gasteiger partial charge in [-0.05, 0) is 30.1 Å². The van der Waals surface area contributed by atoms with Gasteiger partial charge in [-0.15, -0.1) is 0 Å². The molecule has 0 saturated carbocycles. The third-order valence-corrected chi connectivity index (χ3v) is 5.62. The maximum absolute atomic E-state index is 12.7. The highest BCUT2D eigenvalue weighted by Crippen LogP contribution is 2.32. The van der Waals surface area contributed by atoms with Gasteiger partial charge < -0.3 is 10.4 Å². The molecule has 1 aromatic rings. The molecule has 0 bridgehead atoms. The Kier molecular flexibility index (Phi) is 8.16. The number of aliphatic carboxylic acids is 1. The fourth-order valence-corrected chi connectivity index (χ4v) is 4.08. The first-order valence-electron chi connectivity index (χ1n) is 9.20. The summed E-state index contributed by atoms with van der Waals surface area (Å²) in [5.41, 5.74) is 1.95. The van der Waals surface area contributed by atoms with Gasteiger partial charge in [-0.2, -0.15) is 0 Å². The zero-order valence-electron chi connectivity index (χ0n) is 16.5. The molecule has 1 unspecified atom stereocenters. The summed E-state index contributed by atoms with van der Waals surface area (Å²) in [5.74, 6) is -1.99. The van der Waals surface area contributed by atoms with E-state index >= 15 is 0 Å². The SMILES string of the molecule is CC(=C\c1ccccc1)/C=C1/SC(=S)N(CCC(=O)NC(C(=O)O)C(C)C)C1=O. The fourth-order valence-electron chi connectivity index (χ4n) is 2.73. The molecule has 8 heteroatoms. The van der Waals surface area contributed by atoms with Gasteiger partial charge in [0.25, 0.3) is 5.91 Å². The summed E-state index contributed by atoms with van der Waals surface area (Å²) < 4.78 is 0.389. The number of nitrogens with zero attached hydrogens (tertiary/aromatic N) is 1. The first-order valence-corrected chi connectivity index (χ1v) is 10.4. The van der Waals surface area contributed by atoms with Crippen molar-refractivity contribution in [2.24, 2.45) is 5.92 Å². The highest BCUT2D eigenvalue weighted by molar-refractivity contribution is 8.26. The number of thioether (sulfide) groups is 1. The second kappa shape index (κ2) is 10.4. The molecule has 6 nitrogen and oxygen atoms in total. The van der Waals surface area contributed by atoms with Gasteiger partial charge in [0.2, 0.25) is 5.91 Å². The van der Waals surface area contributed by atoms with Gasteiger partial charge in [-0.1, -0.05) is 74.2 Å². The van der Waals surface area contributed by atoms with Crippen molar-refractivity contribution in [3.05, 3.63) is 52.4 Å². The van der Waals surface area contributed by atoms with E-state index in [4.69, 9.17) is 17.3 Å². The van der Waals surface area contributed by atoms with Gasteiger partial charge in [0.05, 0.1) is 4.91 Å². The summed E-state index contributed by atoms with van der Waals surface area (Å²) >= 11 is 6.48. The molecule has 1 heterocycles. The smallest absolute Gasteiger partial charge is 0.326 e. The van der Waals surface area contributed by atoms with Crippen molar-refractivity contribution in [2.75, 3.05) is 6.54 Å². The van der Waals surface area contributed by atoms with Crippen LogP contribution in [0.25, 0.3) is 6.08 Å². The standard InChI is InChI=1S/C21H24N2O4S2/c1-13(2)18(20(26)27)22-17(24)9-10-23-19(25)16(29-21(23)28)12-14(3)11-15-7-5-4-6-8-15/h4-8,11-13,18H,9-10H2,1-3H3,(H,22,24)(H,26,27)/b14-11+,16-12+. The molecule has 1 fully saturated rings. The highest BCUT2D eigenvalue weighted by Gasteiger charge is 2.32. The van der Waals surface area contributed by atoms with E-state index in [0.717, 1.165) is 11.1 Å². The van der Waals surface area contributed by atoms with E-state index in [1.165, 1.54) is 16.7 Å². The lowest BCUT2D eigenvalue weighted by molar-refractivity contribution is -0.143. The molecular formula is C21H24N2O4S2. The fraction of sp³-hybridized carbons (Fsp3) is 0.333. The van der Waals surface area contributed by atoms with Crippen LogP contribution in [0.3, 0.4) is 0 Å². The monoisotopic (exact) mass is 432 g/mol. The van der Waals surface area contributed by atoms with Gasteiger partial charge >= 0.3 is 5.97 Å². The van der Waals surface area contributed by atoms with Crippen molar-refractivity contribution in [1.29, 1.82) is 0 Å². The number of nitrogens with one attached hydrogen (secondary N) is 1. The van der Waals surface area contributed by atoms with Crippen molar-refractivity contribution in [1.82, 2.24) is 10.2 Å². The second-order valence-electron chi connectivity index (χ2n) is 7.01. The number of carboxylic acid groups (broad SMARTS) is 1. The van der Waals surface area contributed by atoms with Crippen molar-refractivity contribution in [3.63, 3.8) is 0 Å². The van der Waals surface area contributed by atoms with E-state index in [2.05, 4.69) is 5.32 Å². The summed E-state index contributed by atoms with van der Waals surface area (Å²) in [6.45, 7) is 5.46. The summed E-state index contributed by atoms with van der Waals surface area (Å²) in [6.07, 6.45) is 3.73. The minimum Gasteiger partial charge on any atom is -0.480 e. The molecule has 154 valence electrons. The Morgan fingerprint density at radius 3 is 2.52 bits per heavy atom. The van der Waals surface area contributed by atoms with Crippen LogP contribution in [0.1, 0.15) is 32.8 Å². The number of benzene rings is 1. The molecule has 2 amide bonds. The zero-order chi connectivity index (χ0) is 21.6. The van der Waals surface area contributed by atoms with E-state index in [1.807, 2.05) is 43.3 Å². The minimum atomic E-state index is -1.08. The average molecular weight is 433 g/mol. The molecule has 2 N–H and O–H groups in total. The van der Waals surface area contributed by atoms with Crippen molar-refractivity contribution in [3.8, 4) is 0 Å². The van der Waals surface area contributed by atoms with Crippen LogP contribution in [0.4, 0.5) is 0 Å².